The number of aromatic nitrogens is 1. The number of hydrogen-bond acceptors (Lipinski definition) is 3. The molecule has 5 heteroatoms. The molecule has 0 fully saturated rings. The number of rotatable bonds is 5. The first-order valence-corrected chi connectivity index (χ1v) is 5.60. The zero-order chi connectivity index (χ0) is 12.8. The summed E-state index contributed by atoms with van der Waals surface area (Å²) in [5.74, 6) is -0.117. The third-order valence-corrected chi connectivity index (χ3v) is 2.51. The maximum atomic E-state index is 11.6. The molecular weight excluding hydrogens is 220 g/mol. The molecule has 0 atom stereocenters. The van der Waals surface area contributed by atoms with Crippen molar-refractivity contribution in [3.8, 4) is 0 Å². The first-order valence-electron chi connectivity index (χ1n) is 5.60. The summed E-state index contributed by atoms with van der Waals surface area (Å²) in [6.07, 6.45) is 0.549. The maximum Gasteiger partial charge on any atom is 0.239 e. The Bertz CT molecular complexity index is 425. The number of pyridine rings is 1. The number of hydrogen-bond donors (Lipinski definition) is 2. The summed E-state index contributed by atoms with van der Waals surface area (Å²) < 4.78 is 1.79. The topological polar surface area (TPSA) is 71.3 Å². The molecule has 0 unspecified atom stereocenters. The molecule has 1 aromatic heterocycles. The van der Waals surface area contributed by atoms with E-state index in [1.54, 1.807) is 18.4 Å². The van der Waals surface area contributed by atoms with Crippen molar-refractivity contribution < 1.29 is 9.90 Å². The molecule has 94 valence electrons. The molecule has 0 bridgehead atoms. The van der Waals surface area contributed by atoms with Crippen LogP contribution in [0.1, 0.15) is 17.8 Å². The van der Waals surface area contributed by atoms with Crippen molar-refractivity contribution in [2.45, 2.75) is 26.8 Å². The van der Waals surface area contributed by atoms with Gasteiger partial charge in [-0.05, 0) is 20.3 Å². The number of nitrogens with one attached hydrogen (secondary N) is 1. The Hall–Kier alpha value is -1.62. The van der Waals surface area contributed by atoms with Crippen LogP contribution in [0.25, 0.3) is 0 Å². The van der Waals surface area contributed by atoms with Gasteiger partial charge >= 0.3 is 0 Å². The predicted octanol–water partition coefficient (Wildman–Crippen LogP) is -0.0363. The van der Waals surface area contributed by atoms with E-state index in [1.165, 1.54) is 12.1 Å². The number of aliphatic hydroxyl groups excluding tert-OH is 1. The van der Waals surface area contributed by atoms with E-state index in [0.29, 0.717) is 13.0 Å². The maximum absolute atomic E-state index is 11.6. The molecule has 0 aromatic carbocycles. The highest BCUT2D eigenvalue weighted by molar-refractivity contribution is 5.75. The largest absolute Gasteiger partial charge is 0.396 e. The molecule has 2 N–H and O–H groups in total. The van der Waals surface area contributed by atoms with Crippen LogP contribution in [0.3, 0.4) is 0 Å². The van der Waals surface area contributed by atoms with Gasteiger partial charge in [-0.3, -0.25) is 9.59 Å². The van der Waals surface area contributed by atoms with Crippen LogP contribution in [0.4, 0.5) is 0 Å². The van der Waals surface area contributed by atoms with E-state index in [9.17, 15) is 9.59 Å². The third kappa shape index (κ3) is 4.03. The van der Waals surface area contributed by atoms with Crippen molar-refractivity contribution in [1.29, 1.82) is 0 Å². The highest BCUT2D eigenvalue weighted by atomic mass is 16.3. The molecule has 0 saturated heterocycles. The van der Waals surface area contributed by atoms with Crippen LogP contribution in [-0.4, -0.2) is 28.7 Å². The number of aliphatic hydroxyl groups is 1. The van der Waals surface area contributed by atoms with E-state index in [-0.39, 0.29) is 24.5 Å². The van der Waals surface area contributed by atoms with Gasteiger partial charge in [-0.15, -0.1) is 0 Å². The number of nitrogens with zero attached hydrogens (tertiary/aromatic N) is 1. The molecule has 5 nitrogen and oxygen atoms in total. The van der Waals surface area contributed by atoms with Crippen LogP contribution in [-0.2, 0) is 11.3 Å². The van der Waals surface area contributed by atoms with Crippen LogP contribution in [0.15, 0.2) is 16.9 Å². The van der Waals surface area contributed by atoms with Crippen molar-refractivity contribution in [1.82, 2.24) is 9.88 Å². The van der Waals surface area contributed by atoms with E-state index in [4.69, 9.17) is 5.11 Å². The second kappa shape index (κ2) is 6.20. The Balaban J connectivity index is 2.68. The minimum atomic E-state index is -0.117. The number of amides is 1. The standard InChI is InChI=1S/C12H18N2O3/c1-9-6-11(16)7-10(2)14(9)8-12(17)13-4-3-5-15/h6-7,15H,3-5,8H2,1-2H3,(H,13,17). The minimum Gasteiger partial charge on any atom is -0.396 e. The lowest BCUT2D eigenvalue weighted by Crippen LogP contribution is -2.30. The smallest absolute Gasteiger partial charge is 0.239 e. The molecule has 0 radical (unpaired) electrons. The van der Waals surface area contributed by atoms with Gasteiger partial charge in [0.1, 0.15) is 6.54 Å². The summed E-state index contributed by atoms with van der Waals surface area (Å²) >= 11 is 0. The molecular formula is C12H18N2O3. The summed E-state index contributed by atoms with van der Waals surface area (Å²) in [4.78, 5) is 22.8. The van der Waals surface area contributed by atoms with Gasteiger partial charge in [0.15, 0.2) is 5.43 Å². The molecule has 1 rings (SSSR count). The van der Waals surface area contributed by atoms with Gasteiger partial charge in [0.05, 0.1) is 0 Å². The molecule has 1 heterocycles. The predicted molar refractivity (Wildman–Crippen MR) is 64.9 cm³/mol. The van der Waals surface area contributed by atoms with Crippen LogP contribution < -0.4 is 10.7 Å². The van der Waals surface area contributed by atoms with Gasteiger partial charge in [0.25, 0.3) is 0 Å². The molecule has 1 amide bonds. The number of aryl methyl sites for hydroxylation is 2. The molecule has 0 aliphatic rings. The Labute approximate surface area is 100 Å². The minimum absolute atomic E-state index is 0.0445. The quantitative estimate of drug-likeness (QED) is 0.707. The van der Waals surface area contributed by atoms with Crippen LogP contribution >= 0.6 is 0 Å². The van der Waals surface area contributed by atoms with Crippen molar-refractivity contribution in [2.24, 2.45) is 0 Å². The first-order chi connectivity index (χ1) is 8.04. The van der Waals surface area contributed by atoms with Gasteiger partial charge in [0.2, 0.25) is 5.91 Å². The summed E-state index contributed by atoms with van der Waals surface area (Å²) in [5.41, 5.74) is 1.50. The highest BCUT2D eigenvalue weighted by Gasteiger charge is 2.06. The normalized spacial score (nSPS) is 10.3. The molecule has 1 aromatic rings. The van der Waals surface area contributed by atoms with Crippen LogP contribution in [0.2, 0.25) is 0 Å². The molecule has 0 saturated carbocycles. The van der Waals surface area contributed by atoms with E-state index in [0.717, 1.165) is 11.4 Å². The van der Waals surface area contributed by atoms with Gasteiger partial charge in [-0.1, -0.05) is 0 Å². The van der Waals surface area contributed by atoms with E-state index >= 15 is 0 Å². The lowest BCUT2D eigenvalue weighted by Gasteiger charge is -2.13. The van der Waals surface area contributed by atoms with Crippen molar-refractivity contribution in [3.63, 3.8) is 0 Å². The summed E-state index contributed by atoms with van der Waals surface area (Å²) in [6, 6.07) is 3.02. The highest BCUT2D eigenvalue weighted by Crippen LogP contribution is 2.00. The molecule has 0 spiro atoms. The Morgan fingerprint density at radius 2 is 1.94 bits per heavy atom. The average Bonchev–Trinajstić information content (AvgIpc) is 2.24. The van der Waals surface area contributed by atoms with Crippen molar-refractivity contribution in [3.05, 3.63) is 33.7 Å². The fourth-order valence-electron chi connectivity index (χ4n) is 1.64. The third-order valence-electron chi connectivity index (χ3n) is 2.51. The Kier molecular flexibility index (Phi) is 4.90. The van der Waals surface area contributed by atoms with Gasteiger partial charge < -0.3 is 15.0 Å². The van der Waals surface area contributed by atoms with Crippen molar-refractivity contribution >= 4 is 5.91 Å². The summed E-state index contributed by atoms with van der Waals surface area (Å²) in [6.45, 7) is 4.33. The van der Waals surface area contributed by atoms with Crippen LogP contribution in [0, 0.1) is 13.8 Å². The fourth-order valence-corrected chi connectivity index (χ4v) is 1.64. The van der Waals surface area contributed by atoms with E-state index in [2.05, 4.69) is 5.32 Å². The fraction of sp³-hybridized carbons (Fsp3) is 0.500. The van der Waals surface area contributed by atoms with Gasteiger partial charge in [0, 0.05) is 36.7 Å². The molecule has 0 aliphatic carbocycles. The Morgan fingerprint density at radius 3 is 2.47 bits per heavy atom. The van der Waals surface area contributed by atoms with E-state index < -0.39 is 0 Å². The van der Waals surface area contributed by atoms with E-state index in [1.807, 2.05) is 0 Å². The zero-order valence-electron chi connectivity index (χ0n) is 10.2. The molecule has 0 aliphatic heterocycles. The lowest BCUT2D eigenvalue weighted by molar-refractivity contribution is -0.121. The Morgan fingerprint density at radius 1 is 1.35 bits per heavy atom. The zero-order valence-corrected chi connectivity index (χ0v) is 10.2. The molecule has 17 heavy (non-hydrogen) atoms. The average molecular weight is 238 g/mol. The van der Waals surface area contributed by atoms with Crippen LogP contribution in [0.5, 0.6) is 0 Å². The second-order valence-corrected chi connectivity index (χ2v) is 3.99. The summed E-state index contributed by atoms with van der Waals surface area (Å²) in [5, 5.41) is 11.3. The van der Waals surface area contributed by atoms with Gasteiger partial charge in [-0.25, -0.2) is 0 Å². The number of carbonyl (C=O) groups is 1. The SMILES string of the molecule is Cc1cc(=O)cc(C)n1CC(=O)NCCCO. The summed E-state index contributed by atoms with van der Waals surface area (Å²) in [7, 11) is 0. The number of carbonyl (C=O) groups excluding carboxylic acids is 1. The lowest BCUT2D eigenvalue weighted by atomic mass is 10.3. The first kappa shape index (κ1) is 13.4. The van der Waals surface area contributed by atoms with Gasteiger partial charge in [-0.2, -0.15) is 0 Å². The van der Waals surface area contributed by atoms with Crippen molar-refractivity contribution in [2.75, 3.05) is 13.2 Å². The second-order valence-electron chi connectivity index (χ2n) is 3.99. The monoisotopic (exact) mass is 238 g/mol.